The fourth-order valence-electron chi connectivity index (χ4n) is 2.24. The summed E-state index contributed by atoms with van der Waals surface area (Å²) in [5.41, 5.74) is 4.98. The molecule has 0 aliphatic rings. The summed E-state index contributed by atoms with van der Waals surface area (Å²) in [4.78, 5) is 14.2. The Kier molecular flexibility index (Phi) is 36.0. The van der Waals surface area contributed by atoms with E-state index in [1.165, 1.54) is 0 Å². The van der Waals surface area contributed by atoms with Crippen LogP contribution in [0.25, 0.3) is 0 Å². The van der Waals surface area contributed by atoms with E-state index in [1.54, 1.807) is 60.7 Å². The zero-order valence-electron chi connectivity index (χ0n) is 26.4. The second kappa shape index (κ2) is 36.7. The Morgan fingerprint density at radius 2 is 0.791 bits per heavy atom. The number of hydrogen-bond donors (Lipinski definition) is 1. The van der Waals surface area contributed by atoms with Crippen LogP contribution in [0.2, 0.25) is 0 Å². The first kappa shape index (κ1) is 42.2. The number of benzene rings is 4. The lowest BCUT2D eigenvalue weighted by Crippen LogP contribution is -1.82. The van der Waals surface area contributed by atoms with Gasteiger partial charge in [0.15, 0.2) is 0 Å². The van der Waals surface area contributed by atoms with E-state index in [4.69, 9.17) is 0 Å². The number of para-hydroxylation sites is 1. The van der Waals surface area contributed by atoms with Crippen molar-refractivity contribution in [2.45, 2.75) is 55.4 Å². The Labute approximate surface area is 256 Å². The van der Waals surface area contributed by atoms with Crippen molar-refractivity contribution in [3.8, 4) is 0 Å². The van der Waals surface area contributed by atoms with Crippen molar-refractivity contribution < 1.29 is 4.94 Å². The maximum Gasteiger partial charge on any atom is 0.0890 e. The van der Waals surface area contributed by atoms with Gasteiger partial charge < -0.3 is 5.21 Å². The minimum absolute atomic E-state index is 0.590. The van der Waals surface area contributed by atoms with Gasteiger partial charge in [-0.15, -0.1) is 15.1 Å². The summed E-state index contributed by atoms with van der Waals surface area (Å²) in [6.07, 6.45) is 0. The first-order valence-electron chi connectivity index (χ1n) is 14.1. The lowest BCUT2D eigenvalue weighted by atomic mass is 10.3. The van der Waals surface area contributed by atoms with Gasteiger partial charge in [-0.25, -0.2) is 15.6 Å². The van der Waals surface area contributed by atoms with E-state index in [-0.39, 0.29) is 0 Å². The summed E-state index contributed by atoms with van der Waals surface area (Å²) in [6, 6.07) is 36.4. The molecule has 43 heavy (non-hydrogen) atoms. The largest absolute Gasteiger partial charge is 0.775 e. The van der Waals surface area contributed by atoms with Gasteiger partial charge in [0.05, 0.1) is 38.6 Å². The Morgan fingerprint density at radius 1 is 0.488 bits per heavy atom. The second-order valence-corrected chi connectivity index (χ2v) is 6.20. The van der Waals surface area contributed by atoms with Crippen LogP contribution in [-0.4, -0.2) is 0 Å². The smallest absolute Gasteiger partial charge is 0.0890 e. The van der Waals surface area contributed by atoms with Gasteiger partial charge in [0.25, 0.3) is 0 Å². The third-order valence-electron chi connectivity index (χ3n) is 3.76. The molecular weight excluding hydrogens is 544 g/mol. The van der Waals surface area contributed by atoms with Gasteiger partial charge in [0.2, 0.25) is 0 Å². The molecule has 4 aromatic carbocycles. The maximum absolute atomic E-state index is 9.61. The highest BCUT2D eigenvalue weighted by Gasteiger charge is 1.86. The van der Waals surface area contributed by atoms with Crippen LogP contribution in [0.3, 0.4) is 0 Å². The second-order valence-electron chi connectivity index (χ2n) is 6.20. The van der Waals surface area contributed by atoms with Crippen LogP contribution in [0.5, 0.6) is 0 Å². The fraction of sp³-hybridized carbons (Fsp3) is 0.250. The number of nitrogens with zero attached hydrogens (tertiary/aromatic N) is 7. The van der Waals surface area contributed by atoms with Crippen LogP contribution in [-0.2, 0) is 4.94 Å². The first-order valence-corrected chi connectivity index (χ1v) is 14.1. The quantitative estimate of drug-likeness (QED) is 0.130. The summed E-state index contributed by atoms with van der Waals surface area (Å²) in [7, 11) is 0. The van der Waals surface area contributed by atoms with Crippen molar-refractivity contribution in [2.24, 2.45) is 36.5 Å². The van der Waals surface area contributed by atoms with Crippen LogP contribution < -0.4 is 5.43 Å². The molecule has 0 aliphatic carbocycles. The zero-order chi connectivity index (χ0) is 32.8. The van der Waals surface area contributed by atoms with Crippen molar-refractivity contribution in [1.29, 1.82) is 0 Å². The molecule has 11 heteroatoms. The molecule has 0 saturated heterocycles. The van der Waals surface area contributed by atoms with Gasteiger partial charge in [-0.1, -0.05) is 128 Å². The van der Waals surface area contributed by atoms with Gasteiger partial charge in [-0.05, 0) is 48.5 Å². The number of nitrogens with one attached hydrogen (secondary N) is 1. The van der Waals surface area contributed by atoms with Gasteiger partial charge in [-0.2, -0.15) is 5.11 Å². The van der Waals surface area contributed by atoms with Gasteiger partial charge in [0.1, 0.15) is 0 Å². The number of rotatable bonds is 7. The van der Waals surface area contributed by atoms with E-state index < -0.39 is 0 Å². The normalized spacial score (nSPS) is 8.84. The molecule has 4 aromatic rings. The van der Waals surface area contributed by atoms with Gasteiger partial charge in [0, 0.05) is 0 Å². The molecule has 0 aromatic heterocycles. The highest BCUT2D eigenvalue weighted by molar-refractivity contribution is 5.41. The molecule has 0 amide bonds. The van der Waals surface area contributed by atoms with Crippen molar-refractivity contribution in [2.75, 3.05) is 5.43 Å². The molecular formula is C32H45N8O3-. The van der Waals surface area contributed by atoms with E-state index in [0.717, 1.165) is 0 Å². The average Bonchev–Trinajstić information content (AvgIpc) is 3.11. The van der Waals surface area contributed by atoms with E-state index in [2.05, 4.69) is 46.8 Å². The Balaban J connectivity index is -0.000000528. The Bertz CT molecular complexity index is 1120. The number of nitroso groups, excluding NO2 is 1. The maximum atomic E-state index is 9.61. The molecule has 0 heterocycles. The van der Waals surface area contributed by atoms with Gasteiger partial charge in [-0.3, -0.25) is 0 Å². The van der Waals surface area contributed by atoms with Crippen LogP contribution >= 0.6 is 0 Å². The third-order valence-corrected chi connectivity index (χ3v) is 3.76. The van der Waals surface area contributed by atoms with Crippen LogP contribution in [0.15, 0.2) is 158 Å². The monoisotopic (exact) mass is 589 g/mol. The summed E-state index contributed by atoms with van der Waals surface area (Å²) in [5, 5.41) is 32.1. The van der Waals surface area contributed by atoms with Crippen molar-refractivity contribution in [1.82, 2.24) is 0 Å². The fourth-order valence-corrected chi connectivity index (χ4v) is 2.24. The zero-order valence-corrected chi connectivity index (χ0v) is 26.4. The van der Waals surface area contributed by atoms with E-state index in [9.17, 15) is 10.1 Å². The summed E-state index contributed by atoms with van der Waals surface area (Å²) < 4.78 is 0. The van der Waals surface area contributed by atoms with E-state index in [0.29, 0.717) is 22.7 Å². The summed E-state index contributed by atoms with van der Waals surface area (Å²) in [6.45, 7) is 16.0. The minimum Gasteiger partial charge on any atom is -0.775 e. The highest BCUT2D eigenvalue weighted by atomic mass is 16.8. The Morgan fingerprint density at radius 3 is 1.09 bits per heavy atom. The molecule has 0 fully saturated rings. The lowest BCUT2D eigenvalue weighted by molar-refractivity contribution is 0.117. The number of anilines is 1. The van der Waals surface area contributed by atoms with Crippen LogP contribution in [0.1, 0.15) is 55.4 Å². The lowest BCUT2D eigenvalue weighted by Gasteiger charge is -1.91. The number of hydrogen-bond acceptors (Lipinski definition) is 10. The predicted molar refractivity (Wildman–Crippen MR) is 179 cm³/mol. The predicted octanol–water partition coefficient (Wildman–Crippen LogP) is 12.6. The highest BCUT2D eigenvalue weighted by Crippen LogP contribution is 2.12. The van der Waals surface area contributed by atoms with Gasteiger partial charge >= 0.3 is 0 Å². The summed E-state index contributed by atoms with van der Waals surface area (Å²) >= 11 is 0. The summed E-state index contributed by atoms with van der Waals surface area (Å²) in [5.74, 6) is 0. The van der Waals surface area contributed by atoms with E-state index in [1.807, 2.05) is 116 Å². The molecule has 0 spiro atoms. The van der Waals surface area contributed by atoms with Crippen molar-refractivity contribution in [3.63, 3.8) is 0 Å². The minimum atomic E-state index is 0.590. The first-order chi connectivity index (χ1) is 21.3. The third kappa shape index (κ3) is 26.7. The van der Waals surface area contributed by atoms with Crippen molar-refractivity contribution in [3.05, 3.63) is 131 Å². The molecule has 11 nitrogen and oxygen atoms in total. The van der Waals surface area contributed by atoms with E-state index >= 15 is 0 Å². The van der Waals surface area contributed by atoms with Crippen molar-refractivity contribution >= 4 is 22.7 Å². The molecule has 0 unspecified atom stereocenters. The molecule has 0 atom stereocenters. The standard InChI is InChI=1S/C12H10N4O.2C6H6N2O.4C2H6/c1-3-7-11(8-4-1)13-15-17-16-14-12-9-5-2-6-10-12;2*9-8-7-6-4-2-1-3-5-6;4*1-2/h1-10H;2*1-5H,(H,7,9);4*1-2H3/p-1. The Hall–Kier alpha value is -5.32. The molecule has 0 aliphatic heterocycles. The molecule has 0 bridgehead atoms. The SMILES string of the molecule is CC.CC.CC.CC.O=NNc1ccccc1.[O-]N=Nc1ccccc1.c1ccc(N=NON=Nc2ccccc2)cc1. The van der Waals surface area contributed by atoms with Crippen LogP contribution in [0.4, 0.5) is 22.7 Å². The molecule has 4 rings (SSSR count). The topological polar surface area (TPSA) is 148 Å². The molecule has 0 radical (unpaired) electrons. The average molecular weight is 590 g/mol. The van der Waals surface area contributed by atoms with Crippen LogP contribution in [0, 0.1) is 10.1 Å². The molecule has 1 N–H and O–H groups in total. The molecule has 232 valence electrons. The molecule has 0 saturated carbocycles.